The van der Waals surface area contributed by atoms with Crippen LogP contribution >= 0.6 is 15.9 Å². The third-order valence-electron chi connectivity index (χ3n) is 4.12. The first-order chi connectivity index (χ1) is 9.43. The van der Waals surface area contributed by atoms with Crippen molar-refractivity contribution < 1.29 is 9.53 Å². The van der Waals surface area contributed by atoms with Crippen LogP contribution in [0.15, 0.2) is 22.7 Å². The van der Waals surface area contributed by atoms with Gasteiger partial charge in [0.2, 0.25) is 0 Å². The van der Waals surface area contributed by atoms with E-state index in [0.29, 0.717) is 11.0 Å². The molecule has 0 N–H and O–H groups in total. The van der Waals surface area contributed by atoms with Crippen molar-refractivity contribution >= 4 is 21.9 Å². The van der Waals surface area contributed by atoms with Crippen molar-refractivity contribution in [3.63, 3.8) is 0 Å². The fraction of sp³-hybridized carbons (Fsp3) is 0.562. The summed E-state index contributed by atoms with van der Waals surface area (Å²) in [6.45, 7) is 7.59. The van der Waals surface area contributed by atoms with Crippen LogP contribution in [0.5, 0.6) is 0 Å². The number of rotatable bonds is 3. The second-order valence-electron chi connectivity index (χ2n) is 6.20. The summed E-state index contributed by atoms with van der Waals surface area (Å²) in [5, 5.41) is 0. The Balaban J connectivity index is 2.15. The molecule has 1 aliphatic rings. The lowest BCUT2D eigenvalue weighted by Crippen LogP contribution is -2.37. The number of methoxy groups -OCH3 is 1. The highest BCUT2D eigenvalue weighted by Crippen LogP contribution is 2.31. The Bertz CT molecular complexity index is 489. The number of nitrogens with zero attached hydrogens (tertiary/aromatic N) is 1. The van der Waals surface area contributed by atoms with E-state index in [1.165, 1.54) is 20.0 Å². The van der Waals surface area contributed by atoms with Crippen LogP contribution in [0.25, 0.3) is 0 Å². The summed E-state index contributed by atoms with van der Waals surface area (Å²) in [5.74, 6) is -0.265. The fourth-order valence-electron chi connectivity index (χ4n) is 2.56. The molecule has 110 valence electrons. The largest absolute Gasteiger partial charge is 0.465 e. The van der Waals surface area contributed by atoms with Crippen molar-refractivity contribution in [1.29, 1.82) is 0 Å². The predicted octanol–water partition coefficient (Wildman–Crippen LogP) is 3.86. The Hall–Kier alpha value is -0.870. The van der Waals surface area contributed by atoms with E-state index in [-0.39, 0.29) is 5.97 Å². The molecule has 1 saturated heterocycles. The number of hydrogen-bond donors (Lipinski definition) is 0. The lowest BCUT2D eigenvalue weighted by molar-refractivity contribution is 0.0596. The topological polar surface area (TPSA) is 29.5 Å². The number of benzene rings is 1. The van der Waals surface area contributed by atoms with Gasteiger partial charge < -0.3 is 4.74 Å². The van der Waals surface area contributed by atoms with Crippen LogP contribution < -0.4 is 0 Å². The summed E-state index contributed by atoms with van der Waals surface area (Å²) in [6, 6.07) is 5.69. The quantitative estimate of drug-likeness (QED) is 0.783. The standard InChI is InChI=1S/C16H22BrNO2/c1-16(2)7-9-18(10-8-16)11-13-12(15(19)20-3)5-4-6-14(13)17/h4-6H,7-11H2,1-3H3. The maximum atomic E-state index is 11.9. The van der Waals surface area contributed by atoms with Gasteiger partial charge in [-0.15, -0.1) is 0 Å². The first-order valence-corrected chi connectivity index (χ1v) is 7.80. The predicted molar refractivity (Wildman–Crippen MR) is 83.8 cm³/mol. The van der Waals surface area contributed by atoms with Crippen LogP contribution in [0.3, 0.4) is 0 Å². The van der Waals surface area contributed by atoms with Gasteiger partial charge in [0.05, 0.1) is 12.7 Å². The van der Waals surface area contributed by atoms with Crippen molar-refractivity contribution in [2.75, 3.05) is 20.2 Å². The molecular formula is C16H22BrNO2. The van der Waals surface area contributed by atoms with E-state index in [1.54, 1.807) is 0 Å². The average molecular weight is 340 g/mol. The summed E-state index contributed by atoms with van der Waals surface area (Å²) >= 11 is 3.56. The third kappa shape index (κ3) is 3.61. The van der Waals surface area contributed by atoms with Crippen molar-refractivity contribution in [1.82, 2.24) is 4.90 Å². The summed E-state index contributed by atoms with van der Waals surface area (Å²) < 4.78 is 5.85. The van der Waals surface area contributed by atoms with E-state index in [4.69, 9.17) is 4.74 Å². The van der Waals surface area contributed by atoms with E-state index >= 15 is 0 Å². The Labute approximate surface area is 129 Å². The van der Waals surface area contributed by atoms with Gasteiger partial charge in [0.15, 0.2) is 0 Å². The molecule has 0 radical (unpaired) electrons. The lowest BCUT2D eigenvalue weighted by Gasteiger charge is -2.37. The molecule has 0 aromatic heterocycles. The molecular weight excluding hydrogens is 318 g/mol. The molecule has 1 aromatic carbocycles. The highest BCUT2D eigenvalue weighted by molar-refractivity contribution is 9.10. The zero-order valence-electron chi connectivity index (χ0n) is 12.4. The van der Waals surface area contributed by atoms with E-state index in [9.17, 15) is 4.79 Å². The molecule has 1 fully saturated rings. The zero-order valence-corrected chi connectivity index (χ0v) is 14.0. The minimum atomic E-state index is -0.265. The van der Waals surface area contributed by atoms with Gasteiger partial charge in [-0.05, 0) is 49.0 Å². The van der Waals surface area contributed by atoms with Crippen LogP contribution in [-0.4, -0.2) is 31.1 Å². The maximum Gasteiger partial charge on any atom is 0.338 e. The van der Waals surface area contributed by atoms with Crippen LogP contribution in [-0.2, 0) is 11.3 Å². The minimum absolute atomic E-state index is 0.265. The SMILES string of the molecule is COC(=O)c1cccc(Br)c1CN1CCC(C)(C)CC1. The fourth-order valence-corrected chi connectivity index (χ4v) is 3.05. The first-order valence-electron chi connectivity index (χ1n) is 7.01. The smallest absolute Gasteiger partial charge is 0.338 e. The maximum absolute atomic E-state index is 11.9. The number of esters is 1. The van der Waals surface area contributed by atoms with Gasteiger partial charge in [0, 0.05) is 11.0 Å². The summed E-state index contributed by atoms with van der Waals surface area (Å²) in [5.41, 5.74) is 2.13. The van der Waals surface area contributed by atoms with Crippen LogP contribution in [0.1, 0.15) is 42.6 Å². The van der Waals surface area contributed by atoms with E-state index < -0.39 is 0 Å². The highest BCUT2D eigenvalue weighted by atomic mass is 79.9. The molecule has 4 heteroatoms. The molecule has 0 unspecified atom stereocenters. The van der Waals surface area contributed by atoms with Gasteiger partial charge in [0.1, 0.15) is 0 Å². The number of hydrogen-bond acceptors (Lipinski definition) is 3. The average Bonchev–Trinajstić information content (AvgIpc) is 2.42. The van der Waals surface area contributed by atoms with Crippen molar-refractivity contribution in [3.8, 4) is 0 Å². The normalized spacial score (nSPS) is 18.8. The van der Waals surface area contributed by atoms with E-state index in [1.807, 2.05) is 18.2 Å². The van der Waals surface area contributed by atoms with Crippen LogP contribution in [0, 0.1) is 5.41 Å². The third-order valence-corrected chi connectivity index (χ3v) is 4.86. The monoisotopic (exact) mass is 339 g/mol. The van der Waals surface area contributed by atoms with E-state index in [2.05, 4.69) is 34.7 Å². The zero-order chi connectivity index (χ0) is 14.8. The molecule has 1 aliphatic heterocycles. The molecule has 0 spiro atoms. The Morgan fingerprint density at radius 2 is 2.00 bits per heavy atom. The van der Waals surface area contributed by atoms with Gasteiger partial charge in [-0.25, -0.2) is 4.79 Å². The molecule has 1 heterocycles. The molecule has 2 rings (SSSR count). The van der Waals surface area contributed by atoms with E-state index in [0.717, 1.165) is 29.7 Å². The molecule has 0 amide bonds. The first kappa shape index (κ1) is 15.5. The summed E-state index contributed by atoms with van der Waals surface area (Å²) in [7, 11) is 1.43. The number of carbonyl (C=O) groups excluding carboxylic acids is 1. The number of halogens is 1. The van der Waals surface area contributed by atoms with Crippen LogP contribution in [0.4, 0.5) is 0 Å². The highest BCUT2D eigenvalue weighted by Gasteiger charge is 2.26. The number of carbonyl (C=O) groups is 1. The minimum Gasteiger partial charge on any atom is -0.465 e. The molecule has 1 aromatic rings. The molecule has 3 nitrogen and oxygen atoms in total. The Morgan fingerprint density at radius 3 is 2.60 bits per heavy atom. The van der Waals surface area contributed by atoms with Gasteiger partial charge in [-0.1, -0.05) is 35.8 Å². The van der Waals surface area contributed by atoms with Crippen molar-refractivity contribution in [3.05, 3.63) is 33.8 Å². The molecule has 0 bridgehead atoms. The Morgan fingerprint density at radius 1 is 1.35 bits per heavy atom. The van der Waals surface area contributed by atoms with Crippen LogP contribution in [0.2, 0.25) is 0 Å². The lowest BCUT2D eigenvalue weighted by atomic mass is 9.82. The molecule has 0 atom stereocenters. The Kier molecular flexibility index (Phi) is 4.86. The van der Waals surface area contributed by atoms with Gasteiger partial charge in [-0.3, -0.25) is 4.90 Å². The van der Waals surface area contributed by atoms with Gasteiger partial charge in [-0.2, -0.15) is 0 Å². The summed E-state index contributed by atoms with van der Waals surface area (Å²) in [4.78, 5) is 14.3. The molecule has 0 aliphatic carbocycles. The second-order valence-corrected chi connectivity index (χ2v) is 7.05. The summed E-state index contributed by atoms with van der Waals surface area (Å²) in [6.07, 6.45) is 2.40. The van der Waals surface area contributed by atoms with Gasteiger partial charge >= 0.3 is 5.97 Å². The molecule has 0 saturated carbocycles. The van der Waals surface area contributed by atoms with Crippen molar-refractivity contribution in [2.24, 2.45) is 5.41 Å². The second kappa shape index (κ2) is 6.27. The molecule has 20 heavy (non-hydrogen) atoms. The number of likely N-dealkylation sites (tertiary alicyclic amines) is 1. The van der Waals surface area contributed by atoms with Gasteiger partial charge in [0.25, 0.3) is 0 Å². The number of piperidine rings is 1. The number of ether oxygens (including phenoxy) is 1. The van der Waals surface area contributed by atoms with Crippen molar-refractivity contribution in [2.45, 2.75) is 33.2 Å².